The van der Waals surface area contributed by atoms with Crippen molar-refractivity contribution >= 4 is 26.8 Å². The van der Waals surface area contributed by atoms with Crippen molar-refractivity contribution in [3.63, 3.8) is 0 Å². The number of sulfone groups is 1. The van der Waals surface area contributed by atoms with E-state index in [1.54, 1.807) is 35.4 Å². The van der Waals surface area contributed by atoms with Crippen LogP contribution in [0.3, 0.4) is 0 Å². The molecule has 0 unspecified atom stereocenters. The summed E-state index contributed by atoms with van der Waals surface area (Å²) in [7, 11) is -3.56. The monoisotopic (exact) mass is 335 g/mol. The van der Waals surface area contributed by atoms with Crippen molar-refractivity contribution in [3.8, 4) is 0 Å². The second-order valence-electron chi connectivity index (χ2n) is 6.15. The first-order chi connectivity index (χ1) is 10.9. The molecule has 1 aromatic carbocycles. The first-order valence-electron chi connectivity index (χ1n) is 7.88. The second-order valence-corrected chi connectivity index (χ2v) is 8.55. The summed E-state index contributed by atoms with van der Waals surface area (Å²) >= 11 is 0. The lowest BCUT2D eigenvalue weighted by molar-refractivity contribution is -0.130. The van der Waals surface area contributed by atoms with Crippen LogP contribution in [0.1, 0.15) is 26.7 Å². The topological polar surface area (TPSA) is 72.3 Å². The SMILES string of the molecule is CC(C)S(=O)(=O)c1nc2ccccc2n1CC(=O)N1CCCC1. The minimum Gasteiger partial charge on any atom is -0.341 e. The molecular formula is C16H21N3O3S. The van der Waals surface area contributed by atoms with Crippen molar-refractivity contribution in [2.45, 2.75) is 43.6 Å². The van der Waals surface area contributed by atoms with E-state index in [0.29, 0.717) is 11.0 Å². The van der Waals surface area contributed by atoms with Gasteiger partial charge in [-0.2, -0.15) is 0 Å². The molecular weight excluding hydrogens is 314 g/mol. The van der Waals surface area contributed by atoms with Gasteiger partial charge < -0.3 is 9.47 Å². The summed E-state index contributed by atoms with van der Waals surface area (Å²) in [6.45, 7) is 4.76. The maximum absolute atomic E-state index is 12.6. The average molecular weight is 335 g/mol. The molecule has 2 heterocycles. The van der Waals surface area contributed by atoms with Crippen LogP contribution in [0.5, 0.6) is 0 Å². The van der Waals surface area contributed by atoms with Gasteiger partial charge in [0.05, 0.1) is 16.3 Å². The number of benzene rings is 1. The molecule has 2 aromatic rings. The van der Waals surface area contributed by atoms with Crippen molar-refractivity contribution in [1.29, 1.82) is 0 Å². The fourth-order valence-corrected chi connectivity index (χ4v) is 3.95. The van der Waals surface area contributed by atoms with E-state index in [1.807, 2.05) is 12.1 Å². The van der Waals surface area contributed by atoms with Crippen LogP contribution in [-0.4, -0.2) is 47.1 Å². The maximum atomic E-state index is 12.6. The first-order valence-corrected chi connectivity index (χ1v) is 9.43. The normalized spacial score (nSPS) is 15.7. The molecule has 0 radical (unpaired) electrons. The van der Waals surface area contributed by atoms with Crippen LogP contribution in [0.25, 0.3) is 11.0 Å². The number of likely N-dealkylation sites (tertiary alicyclic amines) is 1. The molecule has 1 amide bonds. The molecule has 0 N–H and O–H groups in total. The molecule has 0 atom stereocenters. The number of amides is 1. The summed E-state index contributed by atoms with van der Waals surface area (Å²) in [6.07, 6.45) is 2.02. The highest BCUT2D eigenvalue weighted by molar-refractivity contribution is 7.91. The number of fused-ring (bicyclic) bond motifs is 1. The summed E-state index contributed by atoms with van der Waals surface area (Å²) < 4.78 is 26.8. The number of hydrogen-bond acceptors (Lipinski definition) is 4. The molecule has 0 aliphatic carbocycles. The quantitative estimate of drug-likeness (QED) is 0.855. The van der Waals surface area contributed by atoms with Gasteiger partial charge in [-0.1, -0.05) is 12.1 Å². The van der Waals surface area contributed by atoms with E-state index in [9.17, 15) is 13.2 Å². The van der Waals surface area contributed by atoms with Gasteiger partial charge in [-0.25, -0.2) is 13.4 Å². The van der Waals surface area contributed by atoms with Crippen molar-refractivity contribution in [2.24, 2.45) is 0 Å². The zero-order valence-electron chi connectivity index (χ0n) is 13.4. The van der Waals surface area contributed by atoms with E-state index in [2.05, 4.69) is 4.98 Å². The molecule has 1 fully saturated rings. The van der Waals surface area contributed by atoms with E-state index in [4.69, 9.17) is 0 Å². The zero-order chi connectivity index (χ0) is 16.6. The number of imidazole rings is 1. The number of aromatic nitrogens is 2. The van der Waals surface area contributed by atoms with Gasteiger partial charge in [-0.05, 0) is 38.8 Å². The van der Waals surface area contributed by atoms with Crippen LogP contribution < -0.4 is 0 Å². The third-order valence-electron chi connectivity index (χ3n) is 4.25. The van der Waals surface area contributed by atoms with Crippen LogP contribution in [0.15, 0.2) is 29.4 Å². The van der Waals surface area contributed by atoms with Crippen molar-refractivity contribution in [3.05, 3.63) is 24.3 Å². The van der Waals surface area contributed by atoms with Gasteiger partial charge in [-0.3, -0.25) is 4.79 Å². The molecule has 3 rings (SSSR count). The molecule has 0 bridgehead atoms. The highest BCUT2D eigenvalue weighted by Crippen LogP contribution is 2.23. The standard InChI is InChI=1S/C16H21N3O3S/c1-12(2)23(21,22)16-17-13-7-3-4-8-14(13)19(16)11-15(20)18-9-5-6-10-18/h3-4,7-8,12H,5-6,9-11H2,1-2H3. The van der Waals surface area contributed by atoms with Gasteiger partial charge in [0.2, 0.25) is 20.9 Å². The minimum atomic E-state index is -3.56. The summed E-state index contributed by atoms with van der Waals surface area (Å²) in [5.41, 5.74) is 1.28. The second kappa shape index (κ2) is 5.96. The fourth-order valence-electron chi connectivity index (χ4n) is 2.84. The van der Waals surface area contributed by atoms with Crippen LogP contribution in [0.4, 0.5) is 0 Å². The Balaban J connectivity index is 2.08. The minimum absolute atomic E-state index is 0.0127. The molecule has 1 saturated heterocycles. The lowest BCUT2D eigenvalue weighted by Gasteiger charge is -2.17. The predicted octanol–water partition coefficient (Wildman–Crippen LogP) is 1.84. The number of para-hydroxylation sites is 2. The Bertz CT molecular complexity index is 833. The van der Waals surface area contributed by atoms with Crippen LogP contribution in [0.2, 0.25) is 0 Å². The highest BCUT2D eigenvalue weighted by Gasteiger charge is 2.29. The van der Waals surface area contributed by atoms with Crippen LogP contribution in [-0.2, 0) is 21.2 Å². The zero-order valence-corrected chi connectivity index (χ0v) is 14.2. The van der Waals surface area contributed by atoms with Gasteiger partial charge in [0, 0.05) is 13.1 Å². The van der Waals surface area contributed by atoms with Gasteiger partial charge in [-0.15, -0.1) is 0 Å². The lowest BCUT2D eigenvalue weighted by Crippen LogP contribution is -2.32. The summed E-state index contributed by atoms with van der Waals surface area (Å²) in [6, 6.07) is 7.21. The van der Waals surface area contributed by atoms with E-state index in [-0.39, 0.29) is 17.6 Å². The molecule has 0 spiro atoms. The Morgan fingerprint density at radius 3 is 2.52 bits per heavy atom. The summed E-state index contributed by atoms with van der Waals surface area (Å²) in [5, 5.41) is -0.596. The average Bonchev–Trinajstić information content (AvgIpc) is 3.15. The molecule has 23 heavy (non-hydrogen) atoms. The van der Waals surface area contributed by atoms with E-state index in [0.717, 1.165) is 25.9 Å². The molecule has 7 heteroatoms. The Labute approximate surface area is 136 Å². The number of nitrogens with zero attached hydrogens (tertiary/aromatic N) is 3. The maximum Gasteiger partial charge on any atom is 0.242 e. The largest absolute Gasteiger partial charge is 0.341 e. The van der Waals surface area contributed by atoms with Gasteiger partial charge in [0.1, 0.15) is 6.54 Å². The highest BCUT2D eigenvalue weighted by atomic mass is 32.2. The number of rotatable bonds is 4. The smallest absolute Gasteiger partial charge is 0.242 e. The third-order valence-corrected chi connectivity index (χ3v) is 6.31. The van der Waals surface area contributed by atoms with Crippen LogP contribution in [0, 0.1) is 0 Å². The van der Waals surface area contributed by atoms with Gasteiger partial charge >= 0.3 is 0 Å². The Kier molecular flexibility index (Phi) is 4.14. The predicted molar refractivity (Wildman–Crippen MR) is 87.9 cm³/mol. The third kappa shape index (κ3) is 2.85. The van der Waals surface area contributed by atoms with Gasteiger partial charge in [0.25, 0.3) is 0 Å². The molecule has 1 aliphatic rings. The summed E-state index contributed by atoms with van der Waals surface area (Å²) in [5.74, 6) is -0.0501. The Morgan fingerprint density at radius 2 is 1.87 bits per heavy atom. The Morgan fingerprint density at radius 1 is 1.22 bits per heavy atom. The molecule has 1 aromatic heterocycles. The first kappa shape index (κ1) is 16.0. The van der Waals surface area contributed by atoms with Crippen LogP contribution >= 0.6 is 0 Å². The van der Waals surface area contributed by atoms with Crippen molar-refractivity contribution < 1.29 is 13.2 Å². The van der Waals surface area contributed by atoms with E-state index in [1.165, 1.54) is 0 Å². The van der Waals surface area contributed by atoms with Crippen molar-refractivity contribution in [2.75, 3.05) is 13.1 Å². The van der Waals surface area contributed by atoms with E-state index < -0.39 is 15.1 Å². The molecule has 0 saturated carbocycles. The van der Waals surface area contributed by atoms with Crippen molar-refractivity contribution in [1.82, 2.24) is 14.5 Å². The number of carbonyl (C=O) groups is 1. The number of hydrogen-bond donors (Lipinski definition) is 0. The number of carbonyl (C=O) groups excluding carboxylic acids is 1. The lowest BCUT2D eigenvalue weighted by atomic mass is 10.3. The fraction of sp³-hybridized carbons (Fsp3) is 0.500. The van der Waals surface area contributed by atoms with Gasteiger partial charge in [0.15, 0.2) is 0 Å². The molecule has 6 nitrogen and oxygen atoms in total. The molecule has 124 valence electrons. The molecule has 1 aliphatic heterocycles. The Hall–Kier alpha value is -1.89. The van der Waals surface area contributed by atoms with E-state index >= 15 is 0 Å². The summed E-state index contributed by atoms with van der Waals surface area (Å²) in [4.78, 5) is 18.6.